The number of rotatable bonds is 29. The SMILES string of the molecule is CCCCCCCCCCCCCCCCCC(=O)OCC(O)CO.O=C(O)CC(O)(CC(=O)O)C(=O)O.O=C(O)CC(O)(CC(=O)O)C(=O)O. The highest BCUT2D eigenvalue weighted by molar-refractivity contribution is 5.88. The minimum absolute atomic E-state index is 0.103. The van der Waals surface area contributed by atoms with Crippen LogP contribution in [0.25, 0.3) is 0 Å². The van der Waals surface area contributed by atoms with Gasteiger partial charge in [-0.05, 0) is 6.42 Å². The van der Waals surface area contributed by atoms with E-state index in [1.165, 1.54) is 83.5 Å². The van der Waals surface area contributed by atoms with Crippen molar-refractivity contribution in [2.75, 3.05) is 13.2 Å². The summed E-state index contributed by atoms with van der Waals surface area (Å²) in [5, 5.41) is 85.3. The summed E-state index contributed by atoms with van der Waals surface area (Å²) < 4.78 is 4.86. The number of carbonyl (C=O) groups excluding carboxylic acids is 1. The molecule has 0 aliphatic rings. The van der Waals surface area contributed by atoms with E-state index in [1.54, 1.807) is 0 Å². The third-order valence-electron chi connectivity index (χ3n) is 7.20. The van der Waals surface area contributed by atoms with E-state index >= 15 is 0 Å². The Morgan fingerprint density at radius 3 is 1.02 bits per heavy atom. The summed E-state index contributed by atoms with van der Waals surface area (Å²) in [6, 6.07) is 0. The number of aliphatic hydroxyl groups is 4. The second-order valence-electron chi connectivity index (χ2n) is 12.2. The van der Waals surface area contributed by atoms with E-state index in [-0.39, 0.29) is 19.2 Å². The highest BCUT2D eigenvalue weighted by atomic mass is 16.5. The smallest absolute Gasteiger partial charge is 0.336 e. The first-order valence-corrected chi connectivity index (χ1v) is 17.0. The van der Waals surface area contributed by atoms with Gasteiger partial charge in [-0.2, -0.15) is 0 Å². The van der Waals surface area contributed by atoms with E-state index < -0.39 is 78.8 Å². The maximum absolute atomic E-state index is 11.4. The van der Waals surface area contributed by atoms with Crippen LogP contribution < -0.4 is 0 Å². The van der Waals surface area contributed by atoms with Gasteiger partial charge in [0.25, 0.3) is 0 Å². The van der Waals surface area contributed by atoms with Gasteiger partial charge in [0.15, 0.2) is 11.2 Å². The molecule has 0 radical (unpaired) electrons. The maximum Gasteiger partial charge on any atom is 0.336 e. The van der Waals surface area contributed by atoms with Gasteiger partial charge in [0, 0.05) is 6.42 Å². The molecular formula is C33H58O18. The molecule has 51 heavy (non-hydrogen) atoms. The molecule has 0 rings (SSSR count). The van der Waals surface area contributed by atoms with Gasteiger partial charge in [-0.3, -0.25) is 24.0 Å². The number of carbonyl (C=O) groups is 7. The van der Waals surface area contributed by atoms with E-state index in [2.05, 4.69) is 6.92 Å². The number of ether oxygens (including phenoxy) is 1. The molecule has 18 nitrogen and oxygen atoms in total. The van der Waals surface area contributed by atoms with Gasteiger partial charge >= 0.3 is 41.8 Å². The van der Waals surface area contributed by atoms with Crippen molar-refractivity contribution in [1.29, 1.82) is 0 Å². The van der Waals surface area contributed by atoms with E-state index in [1.807, 2.05) is 0 Å². The number of carboxylic acids is 6. The van der Waals surface area contributed by atoms with Crippen LogP contribution >= 0.6 is 0 Å². The number of esters is 1. The molecule has 0 aliphatic heterocycles. The van der Waals surface area contributed by atoms with Crippen molar-refractivity contribution in [3.8, 4) is 0 Å². The Bertz CT molecular complexity index is 943. The van der Waals surface area contributed by atoms with Crippen molar-refractivity contribution in [3.63, 3.8) is 0 Å². The molecule has 0 aliphatic carbocycles. The van der Waals surface area contributed by atoms with Crippen LogP contribution in [0.5, 0.6) is 0 Å². The molecule has 0 aromatic carbocycles. The van der Waals surface area contributed by atoms with E-state index in [9.17, 15) is 33.6 Å². The molecular weight excluding hydrogens is 684 g/mol. The molecule has 0 amide bonds. The molecule has 0 saturated heterocycles. The summed E-state index contributed by atoms with van der Waals surface area (Å²) in [4.78, 5) is 72.4. The second-order valence-corrected chi connectivity index (χ2v) is 12.2. The molecule has 1 unspecified atom stereocenters. The van der Waals surface area contributed by atoms with Crippen LogP contribution in [0, 0.1) is 0 Å². The highest BCUT2D eigenvalue weighted by Crippen LogP contribution is 2.17. The summed E-state index contributed by atoms with van der Waals surface area (Å²) in [7, 11) is 0. The summed E-state index contributed by atoms with van der Waals surface area (Å²) in [5.74, 6) is -10.3. The lowest BCUT2D eigenvalue weighted by Crippen LogP contribution is -2.42. The standard InChI is InChI=1S/C21H42O4.2C6H8O7/c1-2-3-4-5-6-7-8-9-10-11-12-13-14-15-16-17-21(24)25-19-20(23)18-22;2*7-3(8)1-6(13,5(11)12)2-4(9)10/h20,22-23H,2-19H2,1H3;2*13H,1-2H2,(H,7,8)(H,9,10)(H,11,12). The van der Waals surface area contributed by atoms with Crippen molar-refractivity contribution in [2.45, 2.75) is 153 Å². The lowest BCUT2D eigenvalue weighted by molar-refractivity contribution is -0.170. The summed E-state index contributed by atoms with van der Waals surface area (Å²) in [6.45, 7) is 1.79. The zero-order valence-electron chi connectivity index (χ0n) is 29.4. The monoisotopic (exact) mass is 742 g/mol. The molecule has 18 heteroatoms. The molecule has 0 spiro atoms. The predicted octanol–water partition coefficient (Wildman–Crippen LogP) is 2.65. The van der Waals surface area contributed by atoms with Crippen molar-refractivity contribution in [1.82, 2.24) is 0 Å². The fourth-order valence-electron chi connectivity index (χ4n) is 4.38. The van der Waals surface area contributed by atoms with Crippen molar-refractivity contribution >= 4 is 41.8 Å². The quantitative estimate of drug-likeness (QED) is 0.0389. The predicted molar refractivity (Wildman–Crippen MR) is 178 cm³/mol. The minimum Gasteiger partial charge on any atom is -0.481 e. The number of carboxylic acid groups (broad SMARTS) is 6. The summed E-state index contributed by atoms with van der Waals surface area (Å²) in [5.41, 5.74) is -5.48. The zero-order valence-corrected chi connectivity index (χ0v) is 29.4. The van der Waals surface area contributed by atoms with Gasteiger partial charge < -0.3 is 55.8 Å². The number of hydrogen-bond acceptors (Lipinski definition) is 12. The van der Waals surface area contributed by atoms with Crippen LogP contribution in [0.3, 0.4) is 0 Å². The Labute approximate surface area is 297 Å². The van der Waals surface area contributed by atoms with Crippen molar-refractivity contribution in [2.24, 2.45) is 0 Å². The van der Waals surface area contributed by atoms with Gasteiger partial charge in [-0.1, -0.05) is 96.8 Å². The van der Waals surface area contributed by atoms with Crippen molar-refractivity contribution in [3.05, 3.63) is 0 Å². The molecule has 0 aromatic heterocycles. The van der Waals surface area contributed by atoms with Crippen LogP contribution in [0.1, 0.15) is 135 Å². The first-order valence-electron chi connectivity index (χ1n) is 17.0. The lowest BCUT2D eigenvalue weighted by atomic mass is 9.96. The number of unbranched alkanes of at least 4 members (excludes halogenated alkanes) is 14. The summed E-state index contributed by atoms with van der Waals surface area (Å²) >= 11 is 0. The topological polar surface area (TPSA) is 331 Å². The third-order valence-corrected chi connectivity index (χ3v) is 7.20. The average Bonchev–Trinajstić information content (AvgIpc) is 3.00. The molecule has 0 saturated carbocycles. The number of hydrogen-bond donors (Lipinski definition) is 10. The molecule has 0 fully saturated rings. The maximum atomic E-state index is 11.4. The Morgan fingerprint density at radius 1 is 0.510 bits per heavy atom. The van der Waals surface area contributed by atoms with Crippen molar-refractivity contribution < 1.29 is 89.4 Å². The van der Waals surface area contributed by atoms with Crippen LogP contribution in [-0.2, 0) is 38.3 Å². The fourth-order valence-corrected chi connectivity index (χ4v) is 4.38. The van der Waals surface area contributed by atoms with Crippen LogP contribution in [-0.4, -0.2) is 123 Å². The van der Waals surface area contributed by atoms with Gasteiger partial charge in [-0.25, -0.2) is 9.59 Å². The second kappa shape index (κ2) is 30.9. The van der Waals surface area contributed by atoms with E-state index in [0.29, 0.717) is 6.42 Å². The van der Waals surface area contributed by atoms with Gasteiger partial charge in [0.05, 0.1) is 32.3 Å². The Balaban J connectivity index is -0.000000746. The number of aliphatic hydroxyl groups excluding tert-OH is 2. The Kier molecular flexibility index (Phi) is 31.2. The first kappa shape index (κ1) is 51.5. The van der Waals surface area contributed by atoms with E-state index in [0.717, 1.165) is 12.8 Å². The highest BCUT2D eigenvalue weighted by Gasteiger charge is 2.41. The van der Waals surface area contributed by atoms with Crippen LogP contribution in [0.4, 0.5) is 0 Å². The van der Waals surface area contributed by atoms with Gasteiger partial charge in [-0.15, -0.1) is 0 Å². The van der Waals surface area contributed by atoms with Crippen LogP contribution in [0.15, 0.2) is 0 Å². The summed E-state index contributed by atoms with van der Waals surface area (Å²) in [6.07, 6.45) is 14.5. The zero-order chi connectivity index (χ0) is 39.9. The van der Waals surface area contributed by atoms with Gasteiger partial charge in [0.2, 0.25) is 0 Å². The molecule has 298 valence electrons. The van der Waals surface area contributed by atoms with Crippen LogP contribution in [0.2, 0.25) is 0 Å². The fraction of sp³-hybridized carbons (Fsp3) is 0.788. The van der Waals surface area contributed by atoms with E-state index in [4.69, 9.17) is 55.8 Å². The average molecular weight is 743 g/mol. The molecule has 10 N–H and O–H groups in total. The Morgan fingerprint density at radius 2 is 0.784 bits per heavy atom. The minimum atomic E-state index is -2.74. The Hall–Kier alpha value is -3.87. The molecule has 1 atom stereocenters. The number of aliphatic carboxylic acids is 6. The first-order chi connectivity index (χ1) is 23.8. The molecule has 0 bridgehead atoms. The lowest BCUT2D eigenvalue weighted by Gasteiger charge is -2.18. The third kappa shape index (κ3) is 33.1. The largest absolute Gasteiger partial charge is 0.481 e. The van der Waals surface area contributed by atoms with Gasteiger partial charge in [0.1, 0.15) is 12.7 Å². The molecule has 0 aromatic rings. The molecule has 0 heterocycles. The normalized spacial score (nSPS) is 11.5.